The molecule has 5 heteroatoms. The Labute approximate surface area is 101 Å². The molecule has 0 radical (unpaired) electrons. The van der Waals surface area contributed by atoms with Gasteiger partial charge in [-0.3, -0.25) is 4.79 Å². The highest BCUT2D eigenvalue weighted by molar-refractivity contribution is 8.13. The number of amides is 1. The minimum absolute atomic E-state index is 0.0736. The van der Waals surface area contributed by atoms with Crippen molar-refractivity contribution in [2.45, 2.75) is 44.7 Å². The maximum Gasteiger partial charge on any atom is 0.244 e. The van der Waals surface area contributed by atoms with E-state index in [1.54, 1.807) is 11.8 Å². The molecule has 2 heterocycles. The van der Waals surface area contributed by atoms with E-state index in [9.17, 15) is 4.79 Å². The lowest BCUT2D eigenvalue weighted by Crippen LogP contribution is -2.47. The number of rotatable bonds is 1. The highest BCUT2D eigenvalue weighted by Gasteiger charge is 2.27. The van der Waals surface area contributed by atoms with Crippen LogP contribution >= 0.6 is 11.8 Å². The number of carbonyl (C=O) groups is 1. The molecule has 0 aromatic heterocycles. The van der Waals surface area contributed by atoms with Crippen molar-refractivity contribution in [1.82, 2.24) is 10.6 Å². The number of piperidine rings is 1. The maximum atomic E-state index is 11.6. The number of aliphatic imine (C=N–C) groups is 1. The third kappa shape index (κ3) is 2.90. The monoisotopic (exact) mass is 241 g/mol. The molecule has 2 saturated heterocycles. The van der Waals surface area contributed by atoms with Gasteiger partial charge in [0.15, 0.2) is 5.17 Å². The quantitative estimate of drug-likeness (QED) is 0.723. The summed E-state index contributed by atoms with van der Waals surface area (Å²) in [6, 6.07) is -0.183. The smallest absolute Gasteiger partial charge is 0.244 e. The Morgan fingerprint density at radius 1 is 1.50 bits per heavy atom. The first kappa shape index (κ1) is 11.8. The van der Waals surface area contributed by atoms with Crippen molar-refractivity contribution in [3.8, 4) is 0 Å². The zero-order chi connectivity index (χ0) is 11.6. The third-order valence-electron chi connectivity index (χ3n) is 2.94. The molecule has 2 aliphatic heterocycles. The van der Waals surface area contributed by atoms with Crippen LogP contribution in [0.2, 0.25) is 0 Å². The van der Waals surface area contributed by atoms with Gasteiger partial charge in [-0.05, 0) is 33.1 Å². The van der Waals surface area contributed by atoms with Crippen molar-refractivity contribution < 1.29 is 4.79 Å². The average molecular weight is 241 g/mol. The molecule has 0 aliphatic carbocycles. The van der Waals surface area contributed by atoms with Crippen LogP contribution in [0.1, 0.15) is 33.1 Å². The predicted molar refractivity (Wildman–Crippen MR) is 67.8 cm³/mol. The summed E-state index contributed by atoms with van der Waals surface area (Å²) < 4.78 is 0. The van der Waals surface area contributed by atoms with Gasteiger partial charge in [-0.15, -0.1) is 0 Å². The summed E-state index contributed by atoms with van der Waals surface area (Å²) >= 11 is 1.72. The Hall–Kier alpha value is -0.710. The van der Waals surface area contributed by atoms with Crippen LogP contribution in [0.25, 0.3) is 0 Å². The van der Waals surface area contributed by atoms with E-state index in [-0.39, 0.29) is 17.5 Å². The standard InChI is InChI=1S/C11H19N3OS/c1-11(2)5-7-16-10(14-11)13-8-4-3-6-12-9(8)15/h8H,3-7H2,1-2H3,(H,12,15)(H,13,14). The summed E-state index contributed by atoms with van der Waals surface area (Å²) in [5, 5.41) is 7.18. The van der Waals surface area contributed by atoms with Crippen LogP contribution in [0.15, 0.2) is 4.99 Å². The van der Waals surface area contributed by atoms with E-state index in [4.69, 9.17) is 0 Å². The molecule has 90 valence electrons. The van der Waals surface area contributed by atoms with E-state index in [1.807, 2.05) is 0 Å². The normalized spacial score (nSPS) is 32.0. The van der Waals surface area contributed by atoms with Gasteiger partial charge in [-0.1, -0.05) is 11.8 Å². The highest BCUT2D eigenvalue weighted by Crippen LogP contribution is 2.22. The highest BCUT2D eigenvalue weighted by atomic mass is 32.2. The molecule has 2 aliphatic rings. The lowest BCUT2D eigenvalue weighted by molar-refractivity contribution is -0.123. The molecule has 2 fully saturated rings. The Balaban J connectivity index is 2.02. The van der Waals surface area contributed by atoms with E-state index in [2.05, 4.69) is 29.5 Å². The van der Waals surface area contributed by atoms with E-state index in [0.717, 1.165) is 36.7 Å². The van der Waals surface area contributed by atoms with Crippen LogP contribution in [0.5, 0.6) is 0 Å². The molecule has 2 rings (SSSR count). The minimum Gasteiger partial charge on any atom is -0.360 e. The molecule has 1 atom stereocenters. The summed E-state index contributed by atoms with van der Waals surface area (Å²) in [4.78, 5) is 16.1. The molecule has 0 aromatic rings. The van der Waals surface area contributed by atoms with Gasteiger partial charge in [-0.25, -0.2) is 4.99 Å². The molecule has 0 spiro atoms. The third-order valence-corrected chi connectivity index (χ3v) is 3.83. The van der Waals surface area contributed by atoms with Crippen LogP contribution in [0.3, 0.4) is 0 Å². The molecule has 2 N–H and O–H groups in total. The van der Waals surface area contributed by atoms with Gasteiger partial charge in [0.25, 0.3) is 0 Å². The minimum atomic E-state index is -0.183. The average Bonchev–Trinajstić information content (AvgIpc) is 2.20. The number of thioether (sulfide) groups is 1. The van der Waals surface area contributed by atoms with Crippen molar-refractivity contribution >= 4 is 22.8 Å². The molecular formula is C11H19N3OS. The van der Waals surface area contributed by atoms with Crippen molar-refractivity contribution in [3.63, 3.8) is 0 Å². The first-order valence-electron chi connectivity index (χ1n) is 5.83. The summed E-state index contributed by atoms with van der Waals surface area (Å²) in [5.41, 5.74) is 0.106. The van der Waals surface area contributed by atoms with E-state index in [1.165, 1.54) is 0 Å². The van der Waals surface area contributed by atoms with Gasteiger partial charge in [0.1, 0.15) is 6.04 Å². The van der Waals surface area contributed by atoms with Crippen LogP contribution in [0.4, 0.5) is 0 Å². The van der Waals surface area contributed by atoms with Crippen molar-refractivity contribution in [1.29, 1.82) is 0 Å². The summed E-state index contributed by atoms with van der Waals surface area (Å²) in [5.74, 6) is 1.15. The lowest BCUT2D eigenvalue weighted by atomic mass is 10.0. The van der Waals surface area contributed by atoms with Crippen molar-refractivity contribution in [2.75, 3.05) is 12.3 Å². The Morgan fingerprint density at radius 2 is 2.31 bits per heavy atom. The second-order valence-corrected chi connectivity index (χ2v) is 6.07. The number of nitrogens with one attached hydrogen (secondary N) is 2. The molecular weight excluding hydrogens is 222 g/mol. The molecule has 16 heavy (non-hydrogen) atoms. The second-order valence-electron chi connectivity index (χ2n) is 4.99. The topological polar surface area (TPSA) is 53.5 Å². The number of hydrogen-bond acceptors (Lipinski definition) is 3. The second kappa shape index (κ2) is 4.65. The molecule has 1 amide bonds. The Morgan fingerprint density at radius 3 is 3.00 bits per heavy atom. The van der Waals surface area contributed by atoms with Gasteiger partial charge in [-0.2, -0.15) is 0 Å². The first-order valence-corrected chi connectivity index (χ1v) is 6.82. The number of amidine groups is 1. The van der Waals surface area contributed by atoms with Crippen LogP contribution in [0, 0.1) is 0 Å². The van der Waals surface area contributed by atoms with Gasteiger partial charge in [0.05, 0.1) is 0 Å². The molecule has 0 saturated carbocycles. The Kier molecular flexibility index (Phi) is 3.42. The fourth-order valence-electron chi connectivity index (χ4n) is 1.88. The molecule has 0 bridgehead atoms. The van der Waals surface area contributed by atoms with Gasteiger partial charge >= 0.3 is 0 Å². The van der Waals surface area contributed by atoms with Gasteiger partial charge in [0, 0.05) is 17.8 Å². The largest absolute Gasteiger partial charge is 0.360 e. The summed E-state index contributed by atoms with van der Waals surface area (Å²) in [7, 11) is 0. The van der Waals surface area contributed by atoms with Crippen LogP contribution in [-0.4, -0.2) is 35.0 Å². The predicted octanol–water partition coefficient (Wildman–Crippen LogP) is 1.13. The van der Waals surface area contributed by atoms with Crippen LogP contribution < -0.4 is 10.6 Å². The van der Waals surface area contributed by atoms with Gasteiger partial charge in [0.2, 0.25) is 5.91 Å². The summed E-state index contributed by atoms with van der Waals surface area (Å²) in [6.07, 6.45) is 3.03. The zero-order valence-electron chi connectivity index (χ0n) is 9.88. The van der Waals surface area contributed by atoms with E-state index >= 15 is 0 Å². The van der Waals surface area contributed by atoms with E-state index in [0.29, 0.717) is 0 Å². The van der Waals surface area contributed by atoms with E-state index < -0.39 is 0 Å². The number of nitrogens with zero attached hydrogens (tertiary/aromatic N) is 1. The molecule has 4 nitrogen and oxygen atoms in total. The molecule has 0 aromatic carbocycles. The van der Waals surface area contributed by atoms with Crippen LogP contribution in [-0.2, 0) is 4.79 Å². The summed E-state index contributed by atoms with van der Waals surface area (Å²) in [6.45, 7) is 5.14. The fourth-order valence-corrected chi connectivity index (χ4v) is 3.24. The van der Waals surface area contributed by atoms with Crippen molar-refractivity contribution in [2.24, 2.45) is 4.99 Å². The number of hydrogen-bond donors (Lipinski definition) is 2. The van der Waals surface area contributed by atoms with Gasteiger partial charge < -0.3 is 10.6 Å². The first-order chi connectivity index (χ1) is 7.57. The zero-order valence-corrected chi connectivity index (χ0v) is 10.7. The van der Waals surface area contributed by atoms with Crippen molar-refractivity contribution in [3.05, 3.63) is 0 Å². The lowest BCUT2D eigenvalue weighted by Gasteiger charge is -2.33. The fraction of sp³-hybridized carbons (Fsp3) is 0.818. The maximum absolute atomic E-state index is 11.6. The Bertz CT molecular complexity index is 314. The SMILES string of the molecule is CC1(C)CCSC(=NC2CCCNC2=O)N1. The molecule has 1 unspecified atom stereocenters. The number of carbonyl (C=O) groups excluding carboxylic acids is 1.